The van der Waals surface area contributed by atoms with Gasteiger partial charge in [0.2, 0.25) is 5.91 Å². The SMILES string of the molecule is CC(C)C(C)CNC(=O)CNc1ccccc1. The second-order valence-corrected chi connectivity index (χ2v) is 4.74. The first-order chi connectivity index (χ1) is 8.09. The molecule has 2 N–H and O–H groups in total. The van der Waals surface area contributed by atoms with Gasteiger partial charge in [-0.15, -0.1) is 0 Å². The van der Waals surface area contributed by atoms with Crippen molar-refractivity contribution in [3.05, 3.63) is 30.3 Å². The van der Waals surface area contributed by atoms with Crippen molar-refractivity contribution in [3.63, 3.8) is 0 Å². The van der Waals surface area contributed by atoms with Gasteiger partial charge in [-0.1, -0.05) is 39.0 Å². The van der Waals surface area contributed by atoms with E-state index in [1.165, 1.54) is 0 Å². The zero-order chi connectivity index (χ0) is 12.7. The molecule has 1 amide bonds. The molecule has 94 valence electrons. The van der Waals surface area contributed by atoms with E-state index in [4.69, 9.17) is 0 Å². The van der Waals surface area contributed by atoms with Gasteiger partial charge in [0.05, 0.1) is 6.54 Å². The summed E-state index contributed by atoms with van der Waals surface area (Å²) in [5.74, 6) is 1.15. The number of anilines is 1. The minimum absolute atomic E-state index is 0.0429. The van der Waals surface area contributed by atoms with E-state index in [0.29, 0.717) is 18.4 Å². The zero-order valence-electron chi connectivity index (χ0n) is 10.9. The van der Waals surface area contributed by atoms with Crippen molar-refractivity contribution >= 4 is 11.6 Å². The van der Waals surface area contributed by atoms with Gasteiger partial charge in [0.15, 0.2) is 0 Å². The summed E-state index contributed by atoms with van der Waals surface area (Å²) in [7, 11) is 0. The van der Waals surface area contributed by atoms with Crippen molar-refractivity contribution < 1.29 is 4.79 Å². The van der Waals surface area contributed by atoms with E-state index >= 15 is 0 Å². The molecule has 3 nitrogen and oxygen atoms in total. The molecule has 0 heterocycles. The van der Waals surface area contributed by atoms with E-state index in [1.54, 1.807) is 0 Å². The summed E-state index contributed by atoms with van der Waals surface area (Å²) in [6, 6.07) is 9.74. The molecule has 1 atom stereocenters. The lowest BCUT2D eigenvalue weighted by molar-refractivity contribution is -0.119. The highest BCUT2D eigenvalue weighted by Crippen LogP contribution is 2.07. The molecular formula is C14H22N2O. The average Bonchev–Trinajstić information content (AvgIpc) is 2.34. The predicted octanol–water partition coefficient (Wildman–Crippen LogP) is 2.51. The lowest BCUT2D eigenvalue weighted by Gasteiger charge is -2.16. The fourth-order valence-electron chi connectivity index (χ4n) is 1.31. The molecule has 0 saturated carbocycles. The van der Waals surface area contributed by atoms with Gasteiger partial charge in [-0.3, -0.25) is 4.79 Å². The Kier molecular flexibility index (Phi) is 5.53. The molecule has 0 aliphatic rings. The highest BCUT2D eigenvalue weighted by Gasteiger charge is 2.08. The smallest absolute Gasteiger partial charge is 0.239 e. The number of para-hydroxylation sites is 1. The van der Waals surface area contributed by atoms with Gasteiger partial charge in [-0.25, -0.2) is 0 Å². The van der Waals surface area contributed by atoms with Gasteiger partial charge in [0, 0.05) is 12.2 Å². The quantitative estimate of drug-likeness (QED) is 0.794. The number of rotatable bonds is 6. The number of benzene rings is 1. The van der Waals surface area contributed by atoms with Crippen LogP contribution in [-0.2, 0) is 4.79 Å². The van der Waals surface area contributed by atoms with E-state index in [2.05, 4.69) is 31.4 Å². The van der Waals surface area contributed by atoms with E-state index in [9.17, 15) is 4.79 Å². The number of hydrogen-bond donors (Lipinski definition) is 2. The van der Waals surface area contributed by atoms with Gasteiger partial charge in [-0.2, -0.15) is 0 Å². The molecule has 0 radical (unpaired) electrons. The summed E-state index contributed by atoms with van der Waals surface area (Å²) in [5, 5.41) is 6.02. The van der Waals surface area contributed by atoms with Gasteiger partial charge >= 0.3 is 0 Å². The van der Waals surface area contributed by atoms with Crippen molar-refractivity contribution in [2.45, 2.75) is 20.8 Å². The monoisotopic (exact) mass is 234 g/mol. The Morgan fingerprint density at radius 3 is 2.41 bits per heavy atom. The van der Waals surface area contributed by atoms with E-state index in [-0.39, 0.29) is 5.91 Å². The minimum Gasteiger partial charge on any atom is -0.376 e. The predicted molar refractivity (Wildman–Crippen MR) is 71.9 cm³/mol. The first kappa shape index (κ1) is 13.6. The lowest BCUT2D eigenvalue weighted by atomic mass is 9.98. The van der Waals surface area contributed by atoms with Crippen LogP contribution in [0.2, 0.25) is 0 Å². The van der Waals surface area contributed by atoms with E-state index < -0.39 is 0 Å². The van der Waals surface area contributed by atoms with Crippen LogP contribution in [-0.4, -0.2) is 19.0 Å². The van der Waals surface area contributed by atoms with Gasteiger partial charge in [-0.05, 0) is 24.0 Å². The number of amides is 1. The van der Waals surface area contributed by atoms with Gasteiger partial charge in [0.25, 0.3) is 0 Å². The number of nitrogens with one attached hydrogen (secondary N) is 2. The standard InChI is InChI=1S/C14H22N2O/c1-11(2)12(3)9-16-14(17)10-15-13-7-5-4-6-8-13/h4-8,11-12,15H,9-10H2,1-3H3,(H,16,17). The molecule has 1 rings (SSSR count). The molecule has 0 spiro atoms. The fraction of sp³-hybridized carbons (Fsp3) is 0.500. The van der Waals surface area contributed by atoms with Crippen molar-refractivity contribution in [1.29, 1.82) is 0 Å². The van der Waals surface area contributed by atoms with Crippen molar-refractivity contribution in [3.8, 4) is 0 Å². The van der Waals surface area contributed by atoms with Crippen molar-refractivity contribution in [2.24, 2.45) is 11.8 Å². The summed E-state index contributed by atoms with van der Waals surface area (Å²) in [6.07, 6.45) is 0. The molecule has 1 aromatic rings. The van der Waals surface area contributed by atoms with Crippen LogP contribution in [0.3, 0.4) is 0 Å². The normalized spacial score (nSPS) is 12.2. The molecule has 0 aromatic heterocycles. The first-order valence-electron chi connectivity index (χ1n) is 6.15. The van der Waals surface area contributed by atoms with Crippen molar-refractivity contribution in [1.82, 2.24) is 5.32 Å². The summed E-state index contributed by atoms with van der Waals surface area (Å²) in [4.78, 5) is 11.6. The first-order valence-corrected chi connectivity index (χ1v) is 6.15. The molecule has 0 fully saturated rings. The molecule has 0 aliphatic carbocycles. The molecule has 1 aromatic carbocycles. The minimum atomic E-state index is 0.0429. The van der Waals surface area contributed by atoms with Crippen LogP contribution < -0.4 is 10.6 Å². The maximum atomic E-state index is 11.6. The maximum Gasteiger partial charge on any atom is 0.239 e. The summed E-state index contributed by atoms with van der Waals surface area (Å²) in [5.41, 5.74) is 0.972. The highest BCUT2D eigenvalue weighted by molar-refractivity contribution is 5.80. The van der Waals surface area contributed by atoms with Gasteiger partial charge < -0.3 is 10.6 Å². The second-order valence-electron chi connectivity index (χ2n) is 4.74. The molecular weight excluding hydrogens is 212 g/mol. The van der Waals surface area contributed by atoms with Crippen LogP contribution in [0.15, 0.2) is 30.3 Å². The Bertz CT molecular complexity index is 335. The van der Waals surface area contributed by atoms with Crippen molar-refractivity contribution in [2.75, 3.05) is 18.4 Å². The summed E-state index contributed by atoms with van der Waals surface area (Å²) < 4.78 is 0. The van der Waals surface area contributed by atoms with E-state index in [1.807, 2.05) is 30.3 Å². The van der Waals surface area contributed by atoms with Gasteiger partial charge in [0.1, 0.15) is 0 Å². The third-order valence-electron chi connectivity index (χ3n) is 2.99. The second kappa shape index (κ2) is 6.94. The van der Waals surface area contributed by atoms with E-state index in [0.717, 1.165) is 12.2 Å². The summed E-state index contributed by atoms with van der Waals surface area (Å²) in [6.45, 7) is 7.55. The number of carbonyl (C=O) groups excluding carboxylic acids is 1. The third kappa shape index (κ3) is 5.38. The topological polar surface area (TPSA) is 41.1 Å². The fourth-order valence-corrected chi connectivity index (χ4v) is 1.31. The molecule has 1 unspecified atom stereocenters. The maximum absolute atomic E-state index is 11.6. The molecule has 17 heavy (non-hydrogen) atoms. The number of hydrogen-bond acceptors (Lipinski definition) is 2. The van der Waals surface area contributed by atoms with Crippen LogP contribution in [0.1, 0.15) is 20.8 Å². The van der Waals surface area contributed by atoms with Crippen LogP contribution in [0.5, 0.6) is 0 Å². The Hall–Kier alpha value is -1.51. The average molecular weight is 234 g/mol. The van der Waals surface area contributed by atoms with Crippen LogP contribution in [0.4, 0.5) is 5.69 Å². The molecule has 3 heteroatoms. The third-order valence-corrected chi connectivity index (χ3v) is 2.99. The van der Waals surface area contributed by atoms with Crippen LogP contribution in [0, 0.1) is 11.8 Å². The Balaban J connectivity index is 2.22. The van der Waals surface area contributed by atoms with Crippen LogP contribution >= 0.6 is 0 Å². The Morgan fingerprint density at radius 1 is 1.18 bits per heavy atom. The Labute approximate surface area is 104 Å². The summed E-state index contributed by atoms with van der Waals surface area (Å²) >= 11 is 0. The Morgan fingerprint density at radius 2 is 1.82 bits per heavy atom. The molecule has 0 bridgehead atoms. The largest absolute Gasteiger partial charge is 0.376 e. The lowest BCUT2D eigenvalue weighted by Crippen LogP contribution is -2.34. The molecule has 0 saturated heterocycles. The number of carbonyl (C=O) groups is 1. The van der Waals surface area contributed by atoms with Crippen LogP contribution in [0.25, 0.3) is 0 Å². The molecule has 0 aliphatic heterocycles. The zero-order valence-corrected chi connectivity index (χ0v) is 10.9. The highest BCUT2D eigenvalue weighted by atomic mass is 16.1.